The van der Waals surface area contributed by atoms with E-state index in [9.17, 15) is 0 Å². The van der Waals surface area contributed by atoms with Gasteiger partial charge in [-0.15, -0.1) is 11.3 Å². The minimum Gasteiger partial charge on any atom is -0.455 e. The second-order valence-corrected chi connectivity index (χ2v) is 12.0. The molecule has 0 atom stereocenters. The monoisotopic (exact) mass is 567 g/mol. The number of fused-ring (bicyclic) bond motifs is 8. The lowest BCUT2D eigenvalue weighted by Gasteiger charge is -2.27. The molecular weight excluding hydrogens is 543 g/mol. The normalized spacial score (nSPS) is 11.7. The van der Waals surface area contributed by atoms with Gasteiger partial charge in [-0.3, -0.25) is 0 Å². The summed E-state index contributed by atoms with van der Waals surface area (Å²) in [4.78, 5) is 2.39. The Morgan fingerprint density at radius 1 is 0.465 bits per heavy atom. The van der Waals surface area contributed by atoms with Crippen LogP contribution in [-0.4, -0.2) is 0 Å². The van der Waals surface area contributed by atoms with Crippen LogP contribution in [0.4, 0.5) is 17.1 Å². The van der Waals surface area contributed by atoms with Crippen LogP contribution in [0.1, 0.15) is 0 Å². The fourth-order valence-corrected chi connectivity index (χ4v) is 7.59. The molecule has 0 aliphatic heterocycles. The van der Waals surface area contributed by atoms with Gasteiger partial charge in [-0.25, -0.2) is 0 Å². The standard InChI is InChI=1S/C40H25NOS/c1-2-10-26(11-3-1)28-13-8-14-29(24-28)41(30-21-23-33-32-16-5-7-19-37(32)43-38(33)25-30)35-17-9-12-27-20-22-34-31-15-4-6-18-36(31)42-40(34)39(27)35/h1-25H. The maximum Gasteiger partial charge on any atom is 0.145 e. The van der Waals surface area contributed by atoms with E-state index in [1.807, 2.05) is 17.4 Å². The maximum atomic E-state index is 6.61. The van der Waals surface area contributed by atoms with Crippen LogP contribution < -0.4 is 4.90 Å². The summed E-state index contributed by atoms with van der Waals surface area (Å²) in [5.74, 6) is 0. The van der Waals surface area contributed by atoms with Gasteiger partial charge in [-0.1, -0.05) is 103 Å². The van der Waals surface area contributed by atoms with Crippen LogP contribution in [-0.2, 0) is 0 Å². The molecule has 2 aromatic heterocycles. The number of anilines is 3. The maximum absolute atomic E-state index is 6.61. The zero-order chi connectivity index (χ0) is 28.3. The number of furan rings is 1. The minimum absolute atomic E-state index is 0.907. The largest absolute Gasteiger partial charge is 0.455 e. The fourth-order valence-electron chi connectivity index (χ4n) is 6.46. The third-order valence-corrected chi connectivity index (χ3v) is 9.57. The Labute approximate surface area is 252 Å². The Hall–Kier alpha value is -5.38. The molecule has 0 unspecified atom stereocenters. The van der Waals surface area contributed by atoms with E-state index >= 15 is 0 Å². The topological polar surface area (TPSA) is 16.4 Å². The number of para-hydroxylation sites is 1. The van der Waals surface area contributed by atoms with Gasteiger partial charge in [-0.05, 0) is 65.0 Å². The van der Waals surface area contributed by atoms with Crippen molar-refractivity contribution < 1.29 is 4.42 Å². The van der Waals surface area contributed by atoms with Crippen molar-refractivity contribution in [3.05, 3.63) is 152 Å². The van der Waals surface area contributed by atoms with Crippen LogP contribution >= 0.6 is 11.3 Å². The van der Waals surface area contributed by atoms with Crippen LogP contribution in [0.3, 0.4) is 0 Å². The smallest absolute Gasteiger partial charge is 0.145 e. The lowest BCUT2D eigenvalue weighted by atomic mass is 10.0. The summed E-state index contributed by atoms with van der Waals surface area (Å²) in [6, 6.07) is 54.3. The summed E-state index contributed by atoms with van der Waals surface area (Å²) in [5, 5.41) is 7.13. The third-order valence-electron chi connectivity index (χ3n) is 8.44. The first-order valence-electron chi connectivity index (χ1n) is 14.5. The SMILES string of the molecule is c1ccc(-c2cccc(N(c3ccc4c(c3)sc3ccccc34)c3cccc4ccc5c6ccccc6oc5c34)c2)cc1. The molecule has 0 radical (unpaired) electrons. The second kappa shape index (κ2) is 9.59. The van der Waals surface area contributed by atoms with Gasteiger partial charge in [0.05, 0.1) is 5.69 Å². The number of nitrogens with zero attached hydrogens (tertiary/aromatic N) is 1. The van der Waals surface area contributed by atoms with Gasteiger partial charge in [0.2, 0.25) is 0 Å². The van der Waals surface area contributed by atoms with Crippen LogP contribution in [0.2, 0.25) is 0 Å². The molecule has 0 aliphatic carbocycles. The van der Waals surface area contributed by atoms with Crippen molar-refractivity contribution in [2.45, 2.75) is 0 Å². The Bertz CT molecular complexity index is 2470. The lowest BCUT2D eigenvalue weighted by Crippen LogP contribution is -2.10. The van der Waals surface area contributed by atoms with Gasteiger partial charge in [0, 0.05) is 47.7 Å². The molecule has 0 saturated heterocycles. The van der Waals surface area contributed by atoms with Crippen molar-refractivity contribution in [1.82, 2.24) is 0 Å². The van der Waals surface area contributed by atoms with E-state index in [2.05, 4.69) is 150 Å². The molecule has 43 heavy (non-hydrogen) atoms. The number of hydrogen-bond donors (Lipinski definition) is 0. The van der Waals surface area contributed by atoms with Crippen LogP contribution in [0.5, 0.6) is 0 Å². The van der Waals surface area contributed by atoms with Crippen LogP contribution in [0.25, 0.3) is 64.0 Å². The molecule has 9 rings (SSSR count). The Morgan fingerprint density at radius 2 is 1.19 bits per heavy atom. The highest BCUT2D eigenvalue weighted by Gasteiger charge is 2.21. The predicted octanol–water partition coefficient (Wildman–Crippen LogP) is 12.2. The summed E-state index contributed by atoms with van der Waals surface area (Å²) in [5.41, 5.74) is 7.51. The van der Waals surface area contributed by atoms with Crippen molar-refractivity contribution in [3.63, 3.8) is 0 Å². The molecular formula is C40H25NOS. The van der Waals surface area contributed by atoms with E-state index in [4.69, 9.17) is 4.42 Å². The zero-order valence-corrected chi connectivity index (χ0v) is 24.0. The van der Waals surface area contributed by atoms with E-state index in [1.54, 1.807) is 0 Å². The number of thiophene rings is 1. The van der Waals surface area contributed by atoms with Gasteiger partial charge in [0.15, 0.2) is 0 Å². The first-order valence-corrected chi connectivity index (χ1v) is 15.3. The van der Waals surface area contributed by atoms with Crippen molar-refractivity contribution in [3.8, 4) is 11.1 Å². The molecule has 9 aromatic rings. The highest BCUT2D eigenvalue weighted by atomic mass is 32.1. The minimum atomic E-state index is 0.907. The summed E-state index contributed by atoms with van der Waals surface area (Å²) >= 11 is 1.85. The van der Waals surface area contributed by atoms with Crippen molar-refractivity contribution in [2.24, 2.45) is 0 Å². The molecule has 0 saturated carbocycles. The first kappa shape index (κ1) is 24.2. The molecule has 2 heterocycles. The molecule has 0 aliphatic rings. The van der Waals surface area contributed by atoms with Crippen LogP contribution in [0, 0.1) is 0 Å². The van der Waals surface area contributed by atoms with E-state index < -0.39 is 0 Å². The average Bonchev–Trinajstić information content (AvgIpc) is 3.64. The Morgan fingerprint density at radius 3 is 2.12 bits per heavy atom. The van der Waals surface area contributed by atoms with Gasteiger partial charge < -0.3 is 9.32 Å². The molecule has 7 aromatic carbocycles. The molecule has 2 nitrogen and oxygen atoms in total. The molecule has 0 N–H and O–H groups in total. The lowest BCUT2D eigenvalue weighted by molar-refractivity contribution is 0.672. The summed E-state index contributed by atoms with van der Waals surface area (Å²) < 4.78 is 9.19. The van der Waals surface area contributed by atoms with Gasteiger partial charge in [0.1, 0.15) is 11.2 Å². The molecule has 202 valence electrons. The third kappa shape index (κ3) is 3.86. The predicted molar refractivity (Wildman–Crippen MR) is 184 cm³/mol. The molecule has 3 heteroatoms. The van der Waals surface area contributed by atoms with Gasteiger partial charge in [0.25, 0.3) is 0 Å². The molecule has 0 bridgehead atoms. The molecule has 0 amide bonds. The van der Waals surface area contributed by atoms with Crippen LogP contribution in [0.15, 0.2) is 156 Å². The Balaban J connectivity index is 1.35. The second-order valence-electron chi connectivity index (χ2n) is 10.9. The Kier molecular flexibility index (Phi) is 5.40. The summed E-state index contributed by atoms with van der Waals surface area (Å²) in [6.45, 7) is 0. The van der Waals surface area contributed by atoms with E-state index in [-0.39, 0.29) is 0 Å². The number of benzene rings is 7. The zero-order valence-electron chi connectivity index (χ0n) is 23.2. The van der Waals surface area contributed by atoms with Crippen molar-refractivity contribution in [2.75, 3.05) is 4.90 Å². The molecule has 0 spiro atoms. The fraction of sp³-hybridized carbons (Fsp3) is 0. The molecule has 0 fully saturated rings. The quantitative estimate of drug-likeness (QED) is 0.210. The average molecular weight is 568 g/mol. The van der Waals surface area contributed by atoms with E-state index in [1.165, 1.54) is 31.3 Å². The number of hydrogen-bond acceptors (Lipinski definition) is 3. The van der Waals surface area contributed by atoms with Gasteiger partial charge in [-0.2, -0.15) is 0 Å². The summed E-state index contributed by atoms with van der Waals surface area (Å²) in [6.07, 6.45) is 0. The number of rotatable bonds is 4. The first-order chi connectivity index (χ1) is 21.3. The van der Waals surface area contributed by atoms with Crippen molar-refractivity contribution >= 4 is 81.3 Å². The van der Waals surface area contributed by atoms with E-state index in [0.717, 1.165) is 49.8 Å². The van der Waals surface area contributed by atoms with Crippen molar-refractivity contribution in [1.29, 1.82) is 0 Å². The van der Waals surface area contributed by atoms with E-state index in [0.29, 0.717) is 0 Å². The highest BCUT2D eigenvalue weighted by molar-refractivity contribution is 7.25. The highest BCUT2D eigenvalue weighted by Crippen LogP contribution is 2.46. The van der Waals surface area contributed by atoms with Gasteiger partial charge >= 0.3 is 0 Å². The summed E-state index contributed by atoms with van der Waals surface area (Å²) in [7, 11) is 0.